The van der Waals surface area contributed by atoms with Crippen LogP contribution < -0.4 is 5.32 Å². The van der Waals surface area contributed by atoms with Crippen LogP contribution in [0.4, 0.5) is 0 Å². The first-order valence-corrected chi connectivity index (χ1v) is 19.5. The van der Waals surface area contributed by atoms with Crippen LogP contribution in [-0.4, -0.2) is 41.9 Å². The lowest BCUT2D eigenvalue weighted by molar-refractivity contribution is -0.122. The van der Waals surface area contributed by atoms with Crippen LogP contribution in [0, 0.1) is 0 Å². The molecule has 0 saturated carbocycles. The van der Waals surface area contributed by atoms with Gasteiger partial charge in [-0.1, -0.05) is 161 Å². The van der Waals surface area contributed by atoms with Crippen molar-refractivity contribution in [2.45, 2.75) is 199 Å². The molecule has 7 heteroatoms. The lowest BCUT2D eigenvalue weighted by Crippen LogP contribution is -2.47. The standard InChI is InChI=1S/C35H69NO5S/c1-3-5-7-9-11-13-15-16-17-18-19-21-22-24-26-28-30-34(37)33(32-42(39,40)41)36-35(38)31-29-27-25-23-20-14-12-10-8-6-4-2/h10,12,33-34,37H,3-9,11,13-32H2,1-2H3,(H,36,38)(H,39,40,41)/b12-10-. The average Bonchev–Trinajstić information content (AvgIpc) is 2.94. The quantitative estimate of drug-likeness (QED) is 0.0397. The molecule has 0 fully saturated rings. The minimum atomic E-state index is -4.30. The van der Waals surface area contributed by atoms with Gasteiger partial charge in [-0.3, -0.25) is 9.35 Å². The second kappa shape index (κ2) is 30.1. The van der Waals surface area contributed by atoms with Gasteiger partial charge in [-0.25, -0.2) is 0 Å². The summed E-state index contributed by atoms with van der Waals surface area (Å²) < 4.78 is 32.3. The van der Waals surface area contributed by atoms with E-state index in [0.717, 1.165) is 57.8 Å². The van der Waals surface area contributed by atoms with Crippen LogP contribution in [0.25, 0.3) is 0 Å². The third kappa shape index (κ3) is 30.5. The third-order valence-corrected chi connectivity index (χ3v) is 9.00. The van der Waals surface area contributed by atoms with Gasteiger partial charge in [0.25, 0.3) is 10.1 Å². The van der Waals surface area contributed by atoms with Crippen molar-refractivity contribution in [3.8, 4) is 0 Å². The first kappa shape index (κ1) is 41.1. The largest absolute Gasteiger partial charge is 0.391 e. The molecule has 0 aromatic rings. The van der Waals surface area contributed by atoms with Gasteiger partial charge in [-0.05, 0) is 32.1 Å². The van der Waals surface area contributed by atoms with E-state index >= 15 is 0 Å². The predicted molar refractivity (Wildman–Crippen MR) is 180 cm³/mol. The minimum Gasteiger partial charge on any atom is -0.391 e. The number of rotatable bonds is 32. The van der Waals surface area contributed by atoms with Gasteiger partial charge in [-0.2, -0.15) is 8.42 Å². The molecular weight excluding hydrogens is 546 g/mol. The second-order valence-electron chi connectivity index (χ2n) is 12.5. The number of nitrogens with one attached hydrogen (secondary N) is 1. The SMILES string of the molecule is CCCC/C=C\CCCCCCCC(=O)NC(CS(=O)(=O)O)C(O)CCCCCCCCCCCCCCCCCC. The summed E-state index contributed by atoms with van der Waals surface area (Å²) in [5, 5.41) is 13.3. The number of carbonyl (C=O) groups excluding carboxylic acids is 1. The van der Waals surface area contributed by atoms with Gasteiger partial charge in [-0.15, -0.1) is 0 Å². The summed E-state index contributed by atoms with van der Waals surface area (Å²) in [6.45, 7) is 4.46. The zero-order valence-corrected chi connectivity index (χ0v) is 28.5. The first-order valence-electron chi connectivity index (χ1n) is 17.9. The summed E-state index contributed by atoms with van der Waals surface area (Å²) in [6.07, 6.45) is 34.4. The number of aliphatic hydroxyl groups is 1. The maximum Gasteiger partial charge on any atom is 0.266 e. The molecule has 0 heterocycles. The molecule has 0 aromatic carbocycles. The van der Waals surface area contributed by atoms with Gasteiger partial charge < -0.3 is 10.4 Å². The Morgan fingerprint density at radius 1 is 0.619 bits per heavy atom. The highest BCUT2D eigenvalue weighted by Gasteiger charge is 2.26. The highest BCUT2D eigenvalue weighted by molar-refractivity contribution is 7.85. The zero-order valence-electron chi connectivity index (χ0n) is 27.6. The van der Waals surface area contributed by atoms with Crippen LogP contribution in [0.5, 0.6) is 0 Å². The Morgan fingerprint density at radius 3 is 1.50 bits per heavy atom. The molecule has 0 aliphatic heterocycles. The van der Waals surface area contributed by atoms with Gasteiger partial charge in [0.1, 0.15) is 0 Å². The minimum absolute atomic E-state index is 0.256. The highest BCUT2D eigenvalue weighted by Crippen LogP contribution is 2.16. The number of unbranched alkanes of at least 4 members (excludes halogenated alkanes) is 22. The summed E-state index contributed by atoms with van der Waals surface area (Å²) in [6, 6.07) is -0.969. The normalized spacial score (nSPS) is 13.5. The number of carbonyl (C=O) groups is 1. The van der Waals surface area contributed by atoms with Crippen molar-refractivity contribution >= 4 is 16.0 Å². The summed E-state index contributed by atoms with van der Waals surface area (Å²) in [7, 11) is -4.30. The number of hydrogen-bond donors (Lipinski definition) is 3. The van der Waals surface area contributed by atoms with Gasteiger partial charge in [0, 0.05) is 6.42 Å². The molecule has 1 amide bonds. The molecule has 0 saturated heterocycles. The molecule has 250 valence electrons. The van der Waals surface area contributed by atoms with Gasteiger partial charge in [0.15, 0.2) is 0 Å². The van der Waals surface area contributed by atoms with Crippen LogP contribution in [0.1, 0.15) is 187 Å². The van der Waals surface area contributed by atoms with E-state index in [4.69, 9.17) is 0 Å². The van der Waals surface area contributed by atoms with E-state index in [-0.39, 0.29) is 5.91 Å². The van der Waals surface area contributed by atoms with Gasteiger partial charge in [0.05, 0.1) is 17.9 Å². The molecular formula is C35H69NO5S. The average molecular weight is 616 g/mol. The van der Waals surface area contributed by atoms with Crippen LogP contribution in [-0.2, 0) is 14.9 Å². The molecule has 0 radical (unpaired) electrons. The van der Waals surface area contributed by atoms with Crippen LogP contribution >= 0.6 is 0 Å². The first-order chi connectivity index (χ1) is 20.3. The molecule has 0 spiro atoms. The summed E-state index contributed by atoms with van der Waals surface area (Å²) in [5.74, 6) is -0.904. The van der Waals surface area contributed by atoms with Crippen LogP contribution in [0.15, 0.2) is 12.2 Å². The van der Waals surface area contributed by atoms with Crippen molar-refractivity contribution in [2.75, 3.05) is 5.75 Å². The molecule has 42 heavy (non-hydrogen) atoms. The van der Waals surface area contributed by atoms with Crippen molar-refractivity contribution < 1.29 is 22.9 Å². The molecule has 0 aliphatic rings. The van der Waals surface area contributed by atoms with E-state index in [1.807, 2.05) is 0 Å². The monoisotopic (exact) mass is 615 g/mol. The van der Waals surface area contributed by atoms with Crippen molar-refractivity contribution in [3.63, 3.8) is 0 Å². The Morgan fingerprint density at radius 2 is 1.02 bits per heavy atom. The summed E-state index contributed by atoms with van der Waals surface area (Å²) in [4.78, 5) is 12.4. The van der Waals surface area contributed by atoms with E-state index in [9.17, 15) is 22.9 Å². The van der Waals surface area contributed by atoms with Crippen LogP contribution in [0.3, 0.4) is 0 Å². The van der Waals surface area contributed by atoms with E-state index in [0.29, 0.717) is 12.8 Å². The molecule has 0 rings (SSSR count). The topological polar surface area (TPSA) is 104 Å². The Hall–Kier alpha value is -0.920. The number of aliphatic hydroxyl groups excluding tert-OH is 1. The Labute approximate surface area is 261 Å². The Balaban J connectivity index is 3.91. The van der Waals surface area contributed by atoms with Crippen molar-refractivity contribution in [3.05, 3.63) is 12.2 Å². The van der Waals surface area contributed by atoms with E-state index in [1.165, 1.54) is 103 Å². The maximum atomic E-state index is 12.4. The molecule has 6 nitrogen and oxygen atoms in total. The lowest BCUT2D eigenvalue weighted by atomic mass is 10.0. The predicted octanol–water partition coefficient (Wildman–Crippen LogP) is 9.85. The van der Waals surface area contributed by atoms with E-state index in [1.54, 1.807) is 0 Å². The molecule has 2 unspecified atom stereocenters. The molecule has 0 bridgehead atoms. The van der Waals surface area contributed by atoms with E-state index in [2.05, 4.69) is 31.3 Å². The Kier molecular flexibility index (Phi) is 29.5. The van der Waals surface area contributed by atoms with Gasteiger partial charge in [0.2, 0.25) is 5.91 Å². The third-order valence-electron chi connectivity index (χ3n) is 8.22. The summed E-state index contributed by atoms with van der Waals surface area (Å²) in [5.41, 5.74) is 0. The maximum absolute atomic E-state index is 12.4. The Bertz CT molecular complexity index is 725. The summed E-state index contributed by atoms with van der Waals surface area (Å²) >= 11 is 0. The van der Waals surface area contributed by atoms with Crippen LogP contribution in [0.2, 0.25) is 0 Å². The number of allylic oxidation sites excluding steroid dienone is 2. The fourth-order valence-corrected chi connectivity index (χ4v) is 6.25. The van der Waals surface area contributed by atoms with Crippen molar-refractivity contribution in [1.82, 2.24) is 5.32 Å². The van der Waals surface area contributed by atoms with Gasteiger partial charge >= 0.3 is 0 Å². The fourth-order valence-electron chi connectivity index (χ4n) is 5.49. The molecule has 0 aromatic heterocycles. The lowest BCUT2D eigenvalue weighted by Gasteiger charge is -2.23. The number of hydrogen-bond acceptors (Lipinski definition) is 4. The fraction of sp³-hybridized carbons (Fsp3) is 0.914. The molecule has 3 N–H and O–H groups in total. The van der Waals surface area contributed by atoms with E-state index < -0.39 is 28.0 Å². The van der Waals surface area contributed by atoms with Crippen molar-refractivity contribution in [1.29, 1.82) is 0 Å². The second-order valence-corrected chi connectivity index (χ2v) is 14.0. The van der Waals surface area contributed by atoms with Crippen molar-refractivity contribution in [2.24, 2.45) is 0 Å². The molecule has 2 atom stereocenters. The molecule has 0 aliphatic carbocycles. The highest BCUT2D eigenvalue weighted by atomic mass is 32.2. The zero-order chi connectivity index (χ0) is 31.2. The number of amides is 1. The smallest absolute Gasteiger partial charge is 0.266 e.